The predicted octanol–water partition coefficient (Wildman–Crippen LogP) is 3.12. The van der Waals surface area contributed by atoms with Crippen LogP contribution in [0.3, 0.4) is 0 Å². The molecule has 0 aliphatic carbocycles. The summed E-state index contributed by atoms with van der Waals surface area (Å²) in [6.45, 7) is 2.00. The van der Waals surface area contributed by atoms with Crippen LogP contribution in [0.2, 0.25) is 0 Å². The summed E-state index contributed by atoms with van der Waals surface area (Å²) in [6.07, 6.45) is 1.89. The number of methoxy groups -OCH3 is 1. The Morgan fingerprint density at radius 3 is 2.85 bits per heavy atom. The highest BCUT2D eigenvalue weighted by Gasteiger charge is 2.23. The topological polar surface area (TPSA) is 42.0 Å². The molecular formula is C21H25FN2O3. The number of hydrogen-bond donors (Lipinski definition) is 0. The van der Waals surface area contributed by atoms with E-state index in [9.17, 15) is 9.18 Å². The van der Waals surface area contributed by atoms with Gasteiger partial charge >= 0.3 is 0 Å². The number of hydrogen-bond acceptors (Lipinski definition) is 4. The van der Waals surface area contributed by atoms with Gasteiger partial charge in [0, 0.05) is 24.8 Å². The number of halogens is 1. The van der Waals surface area contributed by atoms with Crippen LogP contribution in [-0.2, 0) is 11.2 Å². The third-order valence-corrected chi connectivity index (χ3v) is 4.65. The molecule has 0 unspecified atom stereocenters. The van der Waals surface area contributed by atoms with Crippen LogP contribution in [0.1, 0.15) is 12.0 Å². The second-order valence-electron chi connectivity index (χ2n) is 6.69. The first-order valence-corrected chi connectivity index (χ1v) is 9.11. The van der Waals surface area contributed by atoms with E-state index in [1.807, 2.05) is 35.0 Å². The maximum Gasteiger partial charge on any atom is 0.241 e. The van der Waals surface area contributed by atoms with Gasteiger partial charge in [-0.1, -0.05) is 6.07 Å². The fraction of sp³-hybridized carbons (Fsp3) is 0.381. The second-order valence-corrected chi connectivity index (χ2v) is 6.69. The lowest BCUT2D eigenvalue weighted by Crippen LogP contribution is -2.42. The summed E-state index contributed by atoms with van der Waals surface area (Å²) < 4.78 is 24.0. The second kappa shape index (κ2) is 8.86. The molecule has 1 aliphatic rings. The van der Waals surface area contributed by atoms with Crippen LogP contribution in [0.4, 0.5) is 10.1 Å². The van der Waals surface area contributed by atoms with Gasteiger partial charge < -0.3 is 14.4 Å². The average molecular weight is 372 g/mol. The maximum absolute atomic E-state index is 13.2. The Morgan fingerprint density at radius 1 is 1.22 bits per heavy atom. The Kier molecular flexibility index (Phi) is 6.29. The number of carbonyl (C=O) groups excluding carboxylic acids is 1. The van der Waals surface area contributed by atoms with E-state index in [2.05, 4.69) is 0 Å². The molecule has 5 nitrogen and oxygen atoms in total. The molecule has 27 heavy (non-hydrogen) atoms. The Balaban J connectivity index is 1.53. The van der Waals surface area contributed by atoms with E-state index >= 15 is 0 Å². The zero-order chi connectivity index (χ0) is 19.2. The summed E-state index contributed by atoms with van der Waals surface area (Å²) in [5.41, 5.74) is 2.11. The Hall–Kier alpha value is -2.60. The highest BCUT2D eigenvalue weighted by atomic mass is 19.1. The molecule has 0 atom stereocenters. The minimum atomic E-state index is -0.323. The number of benzene rings is 2. The molecule has 0 spiro atoms. The minimum absolute atomic E-state index is 0.0642. The van der Waals surface area contributed by atoms with Crippen LogP contribution in [0.5, 0.6) is 11.5 Å². The van der Waals surface area contributed by atoms with E-state index in [1.54, 1.807) is 19.2 Å². The molecule has 1 heterocycles. The normalized spacial score (nSPS) is 13.4. The van der Waals surface area contributed by atoms with Gasteiger partial charge in [0.05, 0.1) is 13.7 Å². The van der Waals surface area contributed by atoms with Crippen LogP contribution < -0.4 is 14.4 Å². The number of ether oxygens (including phenoxy) is 2. The molecule has 0 bridgehead atoms. The van der Waals surface area contributed by atoms with Crippen LogP contribution in [-0.4, -0.2) is 51.2 Å². The number of aryl methyl sites for hydroxylation is 1. The first-order chi connectivity index (χ1) is 13.1. The van der Waals surface area contributed by atoms with E-state index in [-0.39, 0.29) is 11.7 Å². The van der Waals surface area contributed by atoms with Gasteiger partial charge in [-0.15, -0.1) is 0 Å². The molecule has 6 heteroatoms. The highest BCUT2D eigenvalue weighted by molar-refractivity contribution is 5.96. The van der Waals surface area contributed by atoms with E-state index in [0.29, 0.717) is 25.4 Å². The van der Waals surface area contributed by atoms with Gasteiger partial charge in [0.1, 0.15) is 23.9 Å². The Labute approximate surface area is 159 Å². The molecule has 1 amide bonds. The summed E-state index contributed by atoms with van der Waals surface area (Å²) in [5.74, 6) is 1.05. The zero-order valence-electron chi connectivity index (χ0n) is 15.8. The first kappa shape index (κ1) is 19.2. The monoisotopic (exact) mass is 372 g/mol. The molecule has 0 aromatic heterocycles. The highest BCUT2D eigenvalue weighted by Crippen LogP contribution is 2.30. The van der Waals surface area contributed by atoms with Crippen molar-refractivity contribution in [2.45, 2.75) is 12.8 Å². The number of fused-ring (bicyclic) bond motifs is 1. The first-order valence-electron chi connectivity index (χ1n) is 9.11. The standard InChI is InChI=1S/C21H25FN2O3/c1-23(11-12-27-19-7-3-6-17(22)14-19)15-21(25)24-10-4-5-16-13-18(26-2)8-9-20(16)24/h3,6-9,13-14H,4-5,10-12,15H2,1-2H3. The van der Waals surface area contributed by atoms with Gasteiger partial charge in [-0.3, -0.25) is 9.69 Å². The van der Waals surface area contributed by atoms with Gasteiger partial charge in [0.25, 0.3) is 0 Å². The Morgan fingerprint density at radius 2 is 2.07 bits per heavy atom. The molecule has 0 N–H and O–H groups in total. The van der Waals surface area contributed by atoms with Crippen molar-refractivity contribution in [1.29, 1.82) is 0 Å². The molecular weight excluding hydrogens is 347 g/mol. The molecule has 0 saturated heterocycles. The van der Waals surface area contributed by atoms with Crippen LogP contribution >= 0.6 is 0 Å². The van der Waals surface area contributed by atoms with Crippen molar-refractivity contribution in [3.05, 3.63) is 53.8 Å². The molecule has 0 saturated carbocycles. The van der Waals surface area contributed by atoms with Crippen molar-refractivity contribution in [3.8, 4) is 11.5 Å². The fourth-order valence-electron chi connectivity index (χ4n) is 3.23. The van der Waals surface area contributed by atoms with Crippen molar-refractivity contribution in [2.24, 2.45) is 0 Å². The number of likely N-dealkylation sites (N-methyl/N-ethyl adjacent to an activating group) is 1. The molecule has 2 aromatic rings. The minimum Gasteiger partial charge on any atom is -0.497 e. The number of anilines is 1. The fourth-order valence-corrected chi connectivity index (χ4v) is 3.23. The van der Waals surface area contributed by atoms with E-state index in [4.69, 9.17) is 9.47 Å². The summed E-state index contributed by atoms with van der Waals surface area (Å²) in [5, 5.41) is 0. The van der Waals surface area contributed by atoms with E-state index in [1.165, 1.54) is 12.1 Å². The summed E-state index contributed by atoms with van der Waals surface area (Å²) in [7, 11) is 3.53. The molecule has 1 aliphatic heterocycles. The zero-order valence-corrected chi connectivity index (χ0v) is 15.8. The SMILES string of the molecule is COc1ccc2c(c1)CCCN2C(=O)CN(C)CCOc1cccc(F)c1. The van der Waals surface area contributed by atoms with Crippen molar-refractivity contribution in [2.75, 3.05) is 45.3 Å². The molecule has 0 radical (unpaired) electrons. The molecule has 144 valence electrons. The van der Waals surface area contributed by atoms with E-state index < -0.39 is 0 Å². The summed E-state index contributed by atoms with van der Waals surface area (Å²) in [6, 6.07) is 11.9. The number of rotatable bonds is 7. The predicted molar refractivity (Wildman–Crippen MR) is 103 cm³/mol. The van der Waals surface area contributed by atoms with Crippen molar-refractivity contribution < 1.29 is 18.7 Å². The van der Waals surface area contributed by atoms with Gasteiger partial charge in [0.2, 0.25) is 5.91 Å². The lowest BCUT2D eigenvalue weighted by Gasteiger charge is -2.31. The van der Waals surface area contributed by atoms with Gasteiger partial charge in [-0.25, -0.2) is 4.39 Å². The lowest BCUT2D eigenvalue weighted by molar-refractivity contribution is -0.119. The Bertz CT molecular complexity index is 797. The van der Waals surface area contributed by atoms with Crippen LogP contribution in [0.15, 0.2) is 42.5 Å². The smallest absolute Gasteiger partial charge is 0.241 e. The lowest BCUT2D eigenvalue weighted by atomic mass is 10.0. The van der Waals surface area contributed by atoms with Crippen LogP contribution in [0.25, 0.3) is 0 Å². The van der Waals surface area contributed by atoms with Crippen molar-refractivity contribution in [1.82, 2.24) is 4.90 Å². The van der Waals surface area contributed by atoms with Gasteiger partial charge in [0.15, 0.2) is 0 Å². The molecule has 0 fully saturated rings. The third-order valence-electron chi connectivity index (χ3n) is 4.65. The van der Waals surface area contributed by atoms with Crippen LogP contribution in [0, 0.1) is 5.82 Å². The number of nitrogens with zero attached hydrogens (tertiary/aromatic N) is 2. The number of amides is 1. The average Bonchev–Trinajstić information content (AvgIpc) is 2.67. The van der Waals surface area contributed by atoms with Gasteiger partial charge in [-0.2, -0.15) is 0 Å². The quantitative estimate of drug-likeness (QED) is 0.749. The molecule has 2 aromatic carbocycles. The largest absolute Gasteiger partial charge is 0.497 e. The summed E-state index contributed by atoms with van der Waals surface area (Å²) in [4.78, 5) is 16.5. The van der Waals surface area contributed by atoms with Crippen molar-refractivity contribution in [3.63, 3.8) is 0 Å². The van der Waals surface area contributed by atoms with Crippen molar-refractivity contribution >= 4 is 11.6 Å². The summed E-state index contributed by atoms with van der Waals surface area (Å²) >= 11 is 0. The van der Waals surface area contributed by atoms with E-state index in [0.717, 1.165) is 36.4 Å². The third kappa shape index (κ3) is 4.98. The molecule has 3 rings (SSSR count). The number of carbonyl (C=O) groups is 1. The van der Waals surface area contributed by atoms with Gasteiger partial charge in [-0.05, 0) is 55.8 Å². The maximum atomic E-state index is 13.2.